The lowest BCUT2D eigenvalue weighted by atomic mass is 10.00. The minimum Gasteiger partial charge on any atom is -0.390 e. The van der Waals surface area contributed by atoms with Crippen LogP contribution < -0.4 is 5.32 Å². The molecule has 1 aromatic carbocycles. The van der Waals surface area contributed by atoms with Gasteiger partial charge in [-0.15, -0.1) is 0 Å². The van der Waals surface area contributed by atoms with E-state index in [1.165, 1.54) is 11.1 Å². The van der Waals surface area contributed by atoms with Gasteiger partial charge >= 0.3 is 0 Å². The number of aryl methyl sites for hydroxylation is 1. The second-order valence-electron chi connectivity index (χ2n) is 8.51. The molecule has 170 valence electrons. The number of nitrogens with one attached hydrogen (secondary N) is 1. The molecule has 1 aliphatic heterocycles. The molecule has 4 aromatic rings. The fourth-order valence-electron chi connectivity index (χ4n) is 4.33. The zero-order chi connectivity index (χ0) is 22.8. The van der Waals surface area contributed by atoms with Crippen LogP contribution in [0.5, 0.6) is 0 Å². The van der Waals surface area contributed by atoms with E-state index in [2.05, 4.69) is 44.6 Å². The molecular weight excluding hydrogens is 416 g/mol. The number of fused-ring (bicyclic) bond motifs is 2. The molecule has 0 fully saturated rings. The van der Waals surface area contributed by atoms with E-state index < -0.39 is 6.10 Å². The number of aromatic nitrogens is 4. The standard InChI is InChI=1S/C25H28N6O2/c1-2-31-15-21(11-27-31)20-7-8-24-28-23(17-30(24)14-20)25(33)26-12-22(32)16-29-10-9-18-5-3-4-6-19(18)13-29/h3-8,11,14-15,17,22,32H,2,9-10,12-13,16H2,1H3,(H,26,33)/t22-/m0/s1. The number of hydrogen-bond donors (Lipinski definition) is 2. The van der Waals surface area contributed by atoms with Gasteiger partial charge in [0.15, 0.2) is 0 Å². The van der Waals surface area contributed by atoms with Gasteiger partial charge in [0.1, 0.15) is 11.3 Å². The van der Waals surface area contributed by atoms with E-state index in [4.69, 9.17) is 0 Å². The highest BCUT2D eigenvalue weighted by Crippen LogP contribution is 2.20. The van der Waals surface area contributed by atoms with Crippen molar-refractivity contribution < 1.29 is 9.90 Å². The summed E-state index contributed by atoms with van der Waals surface area (Å²) in [5.41, 5.74) is 5.73. The maximum absolute atomic E-state index is 12.6. The molecule has 1 amide bonds. The number of rotatable bonds is 7. The number of aliphatic hydroxyl groups is 1. The zero-order valence-corrected chi connectivity index (χ0v) is 18.7. The van der Waals surface area contributed by atoms with E-state index in [1.54, 1.807) is 6.20 Å². The van der Waals surface area contributed by atoms with Crippen LogP contribution >= 0.6 is 0 Å². The summed E-state index contributed by atoms with van der Waals surface area (Å²) in [4.78, 5) is 19.3. The molecule has 0 bridgehead atoms. The first-order chi connectivity index (χ1) is 16.1. The molecule has 33 heavy (non-hydrogen) atoms. The van der Waals surface area contributed by atoms with Crippen molar-refractivity contribution in [1.82, 2.24) is 29.4 Å². The van der Waals surface area contributed by atoms with E-state index in [9.17, 15) is 9.90 Å². The van der Waals surface area contributed by atoms with Crippen molar-refractivity contribution in [3.63, 3.8) is 0 Å². The number of nitrogens with zero attached hydrogens (tertiary/aromatic N) is 5. The number of carbonyl (C=O) groups is 1. The van der Waals surface area contributed by atoms with Gasteiger partial charge in [0.05, 0.1) is 12.3 Å². The number of aliphatic hydroxyl groups excluding tert-OH is 1. The van der Waals surface area contributed by atoms with Gasteiger partial charge in [-0.05, 0) is 36.6 Å². The Labute approximate surface area is 192 Å². The zero-order valence-electron chi connectivity index (χ0n) is 18.7. The van der Waals surface area contributed by atoms with Crippen molar-refractivity contribution in [2.24, 2.45) is 0 Å². The van der Waals surface area contributed by atoms with Crippen LogP contribution in [-0.4, -0.2) is 60.8 Å². The Hall–Kier alpha value is -3.49. The molecule has 5 rings (SSSR count). The first-order valence-corrected chi connectivity index (χ1v) is 11.4. The van der Waals surface area contributed by atoms with Crippen molar-refractivity contribution in [3.8, 4) is 11.1 Å². The molecule has 0 unspecified atom stereocenters. The molecule has 0 radical (unpaired) electrons. The van der Waals surface area contributed by atoms with Crippen LogP contribution in [0.3, 0.4) is 0 Å². The molecule has 2 N–H and O–H groups in total. The Morgan fingerprint density at radius 2 is 1.97 bits per heavy atom. The van der Waals surface area contributed by atoms with Crippen LogP contribution in [0.1, 0.15) is 28.5 Å². The Morgan fingerprint density at radius 1 is 1.12 bits per heavy atom. The fraction of sp³-hybridized carbons (Fsp3) is 0.320. The first-order valence-electron chi connectivity index (χ1n) is 11.4. The lowest BCUT2D eigenvalue weighted by Gasteiger charge is -2.30. The number of β-amino-alcohol motifs (C(OH)–C–C–N with tert-alkyl or cyclic N) is 1. The normalized spacial score (nSPS) is 14.8. The third kappa shape index (κ3) is 4.67. The number of imidazole rings is 1. The van der Waals surface area contributed by atoms with E-state index in [1.807, 2.05) is 46.7 Å². The summed E-state index contributed by atoms with van der Waals surface area (Å²) < 4.78 is 3.72. The van der Waals surface area contributed by atoms with E-state index >= 15 is 0 Å². The summed E-state index contributed by atoms with van der Waals surface area (Å²) in [6, 6.07) is 12.3. The highest BCUT2D eigenvalue weighted by Gasteiger charge is 2.19. The molecule has 0 saturated heterocycles. The largest absolute Gasteiger partial charge is 0.390 e. The van der Waals surface area contributed by atoms with E-state index in [0.29, 0.717) is 17.9 Å². The summed E-state index contributed by atoms with van der Waals surface area (Å²) in [6.07, 6.45) is 7.83. The average Bonchev–Trinajstić information content (AvgIpc) is 3.49. The molecule has 1 atom stereocenters. The van der Waals surface area contributed by atoms with Gasteiger partial charge in [-0.1, -0.05) is 24.3 Å². The summed E-state index contributed by atoms with van der Waals surface area (Å²) >= 11 is 0. The Balaban J connectivity index is 1.18. The van der Waals surface area contributed by atoms with E-state index in [0.717, 1.165) is 37.2 Å². The average molecular weight is 445 g/mol. The summed E-state index contributed by atoms with van der Waals surface area (Å²) in [5.74, 6) is -0.290. The molecule has 8 nitrogen and oxygen atoms in total. The maximum Gasteiger partial charge on any atom is 0.271 e. The van der Waals surface area contributed by atoms with Crippen LogP contribution in [-0.2, 0) is 19.5 Å². The third-order valence-electron chi connectivity index (χ3n) is 6.15. The SMILES string of the molecule is CCn1cc(-c2ccc3nc(C(=O)NC[C@H](O)CN4CCc5ccccc5C4)cn3c2)cn1. The number of amides is 1. The van der Waals surface area contributed by atoms with Gasteiger partial charge in [0.2, 0.25) is 0 Å². The van der Waals surface area contributed by atoms with Gasteiger partial charge in [-0.2, -0.15) is 5.10 Å². The van der Waals surface area contributed by atoms with Gasteiger partial charge in [-0.25, -0.2) is 4.98 Å². The summed E-state index contributed by atoms with van der Waals surface area (Å²) in [6.45, 7) is 5.31. The molecule has 0 aliphatic carbocycles. The minimum absolute atomic E-state index is 0.187. The fourth-order valence-corrected chi connectivity index (χ4v) is 4.33. The number of benzene rings is 1. The third-order valence-corrected chi connectivity index (χ3v) is 6.15. The monoisotopic (exact) mass is 444 g/mol. The second-order valence-corrected chi connectivity index (χ2v) is 8.51. The molecule has 0 saturated carbocycles. The molecule has 0 spiro atoms. The van der Waals surface area contributed by atoms with Crippen molar-refractivity contribution in [3.05, 3.63) is 78.0 Å². The summed E-state index contributed by atoms with van der Waals surface area (Å²) in [5, 5.41) is 17.6. The summed E-state index contributed by atoms with van der Waals surface area (Å²) in [7, 11) is 0. The quantitative estimate of drug-likeness (QED) is 0.457. The van der Waals surface area contributed by atoms with Crippen LogP contribution in [0, 0.1) is 0 Å². The second kappa shape index (κ2) is 9.17. The lowest BCUT2D eigenvalue weighted by Crippen LogP contribution is -2.42. The van der Waals surface area contributed by atoms with Gasteiger partial charge < -0.3 is 14.8 Å². The highest BCUT2D eigenvalue weighted by atomic mass is 16.3. The van der Waals surface area contributed by atoms with Gasteiger partial charge in [0.25, 0.3) is 5.91 Å². The van der Waals surface area contributed by atoms with Crippen molar-refractivity contribution in [2.45, 2.75) is 32.5 Å². The predicted octanol–water partition coefficient (Wildman–Crippen LogP) is 2.37. The lowest BCUT2D eigenvalue weighted by molar-refractivity contribution is 0.0838. The van der Waals surface area contributed by atoms with Crippen LogP contribution in [0.25, 0.3) is 16.8 Å². The predicted molar refractivity (Wildman–Crippen MR) is 126 cm³/mol. The molecule has 1 aliphatic rings. The number of carbonyl (C=O) groups excluding carboxylic acids is 1. The molecular formula is C25H28N6O2. The van der Waals surface area contributed by atoms with Gasteiger partial charge in [-0.3, -0.25) is 14.4 Å². The topological polar surface area (TPSA) is 87.7 Å². The van der Waals surface area contributed by atoms with Crippen molar-refractivity contribution in [2.75, 3.05) is 19.6 Å². The number of hydrogen-bond acceptors (Lipinski definition) is 5. The van der Waals surface area contributed by atoms with Crippen LogP contribution in [0.2, 0.25) is 0 Å². The number of pyridine rings is 1. The first kappa shape index (κ1) is 21.4. The van der Waals surface area contributed by atoms with Crippen LogP contribution in [0.15, 0.2) is 61.2 Å². The molecule has 3 aromatic heterocycles. The minimum atomic E-state index is -0.641. The van der Waals surface area contributed by atoms with Crippen molar-refractivity contribution in [1.29, 1.82) is 0 Å². The van der Waals surface area contributed by atoms with Crippen LogP contribution in [0.4, 0.5) is 0 Å². The van der Waals surface area contributed by atoms with Crippen molar-refractivity contribution >= 4 is 11.6 Å². The Bertz CT molecular complexity index is 1280. The smallest absolute Gasteiger partial charge is 0.271 e. The maximum atomic E-state index is 12.6. The molecule has 4 heterocycles. The van der Waals surface area contributed by atoms with Gasteiger partial charge in [0, 0.05) is 62.4 Å². The Morgan fingerprint density at radius 3 is 2.79 bits per heavy atom. The molecule has 8 heteroatoms. The van der Waals surface area contributed by atoms with E-state index in [-0.39, 0.29) is 12.5 Å². The highest BCUT2D eigenvalue weighted by molar-refractivity contribution is 5.92. The Kier molecular flexibility index (Phi) is 5.93.